The summed E-state index contributed by atoms with van der Waals surface area (Å²) >= 11 is 1.81. The fraction of sp³-hybridized carbons (Fsp3) is 0.600. The highest BCUT2D eigenvalue weighted by atomic mass is 32.2. The summed E-state index contributed by atoms with van der Waals surface area (Å²) < 4.78 is 12.8. The molecule has 1 aromatic carbocycles. The third-order valence-electron chi connectivity index (χ3n) is 2.91. The Labute approximate surface area is 115 Å². The lowest BCUT2D eigenvalue weighted by molar-refractivity contribution is 0.506. The summed E-state index contributed by atoms with van der Waals surface area (Å²) in [5, 5.41) is 3.53. The van der Waals surface area contributed by atoms with Gasteiger partial charge in [-0.05, 0) is 37.2 Å². The Morgan fingerprint density at radius 1 is 1.17 bits per heavy atom. The molecule has 0 spiro atoms. The van der Waals surface area contributed by atoms with E-state index in [4.69, 9.17) is 0 Å². The van der Waals surface area contributed by atoms with Crippen LogP contribution in [0.15, 0.2) is 29.2 Å². The summed E-state index contributed by atoms with van der Waals surface area (Å²) in [6.07, 6.45) is 5.10. The maximum atomic E-state index is 12.8. The predicted octanol–water partition coefficient (Wildman–Crippen LogP) is 4.48. The van der Waals surface area contributed by atoms with E-state index in [0.29, 0.717) is 6.04 Å². The van der Waals surface area contributed by atoms with Crippen LogP contribution >= 0.6 is 11.8 Å². The highest BCUT2D eigenvalue weighted by molar-refractivity contribution is 7.99. The van der Waals surface area contributed by atoms with Crippen LogP contribution in [0.1, 0.15) is 39.5 Å². The molecule has 1 unspecified atom stereocenters. The maximum absolute atomic E-state index is 12.8. The van der Waals surface area contributed by atoms with Crippen LogP contribution in [-0.4, -0.2) is 18.3 Å². The van der Waals surface area contributed by atoms with E-state index in [9.17, 15) is 4.39 Å². The van der Waals surface area contributed by atoms with Crippen molar-refractivity contribution in [3.05, 3.63) is 30.1 Å². The zero-order valence-electron chi connectivity index (χ0n) is 11.4. The zero-order valence-corrected chi connectivity index (χ0v) is 12.2. The molecule has 102 valence electrons. The first-order valence-electron chi connectivity index (χ1n) is 6.88. The van der Waals surface area contributed by atoms with E-state index in [0.717, 1.165) is 17.2 Å². The molecule has 0 fully saturated rings. The van der Waals surface area contributed by atoms with Crippen molar-refractivity contribution >= 4 is 11.8 Å². The number of rotatable bonds is 9. The van der Waals surface area contributed by atoms with E-state index in [1.54, 1.807) is 11.8 Å². The van der Waals surface area contributed by atoms with Gasteiger partial charge in [0, 0.05) is 16.7 Å². The van der Waals surface area contributed by atoms with Gasteiger partial charge in [-0.15, -0.1) is 11.8 Å². The number of halogens is 1. The van der Waals surface area contributed by atoms with Crippen LogP contribution in [-0.2, 0) is 0 Å². The summed E-state index contributed by atoms with van der Waals surface area (Å²) in [7, 11) is 0. The Bertz CT molecular complexity index is 313. The standard InChI is InChI=1S/C15H24FNS/c1-3-5-6-7-14(17-4-2)12-18-15-10-8-13(16)9-11-15/h8-11,14,17H,3-7,12H2,1-2H3. The molecule has 1 aromatic rings. The SMILES string of the molecule is CCCCCC(CSc1ccc(F)cc1)NCC. The topological polar surface area (TPSA) is 12.0 Å². The molecular formula is C15H24FNS. The summed E-state index contributed by atoms with van der Waals surface area (Å²) in [6, 6.07) is 7.34. The second-order valence-corrected chi connectivity index (χ2v) is 5.61. The lowest BCUT2D eigenvalue weighted by Gasteiger charge is -2.17. The summed E-state index contributed by atoms with van der Waals surface area (Å²) in [5.41, 5.74) is 0. The normalized spacial score (nSPS) is 12.6. The van der Waals surface area contributed by atoms with Gasteiger partial charge >= 0.3 is 0 Å². The number of hydrogen-bond acceptors (Lipinski definition) is 2. The smallest absolute Gasteiger partial charge is 0.123 e. The molecule has 1 N–H and O–H groups in total. The van der Waals surface area contributed by atoms with Gasteiger partial charge in [0.05, 0.1) is 0 Å². The van der Waals surface area contributed by atoms with Crippen molar-refractivity contribution in [3.63, 3.8) is 0 Å². The minimum Gasteiger partial charge on any atom is -0.313 e. The van der Waals surface area contributed by atoms with E-state index in [1.165, 1.54) is 37.8 Å². The summed E-state index contributed by atoms with van der Waals surface area (Å²) in [4.78, 5) is 1.15. The fourth-order valence-corrected chi connectivity index (χ4v) is 2.91. The lowest BCUT2D eigenvalue weighted by Crippen LogP contribution is -2.31. The van der Waals surface area contributed by atoms with Gasteiger partial charge in [0.15, 0.2) is 0 Å². The number of benzene rings is 1. The predicted molar refractivity (Wildman–Crippen MR) is 78.7 cm³/mol. The van der Waals surface area contributed by atoms with Crippen LogP contribution in [0.2, 0.25) is 0 Å². The number of hydrogen-bond donors (Lipinski definition) is 1. The van der Waals surface area contributed by atoms with E-state index in [2.05, 4.69) is 19.2 Å². The molecule has 0 amide bonds. The summed E-state index contributed by atoms with van der Waals surface area (Å²) in [5.74, 6) is 0.897. The third kappa shape index (κ3) is 6.41. The first-order chi connectivity index (χ1) is 8.76. The molecule has 0 aromatic heterocycles. The molecule has 18 heavy (non-hydrogen) atoms. The Morgan fingerprint density at radius 3 is 2.50 bits per heavy atom. The van der Waals surface area contributed by atoms with Gasteiger partial charge in [0.25, 0.3) is 0 Å². The first-order valence-corrected chi connectivity index (χ1v) is 7.86. The monoisotopic (exact) mass is 269 g/mol. The highest BCUT2D eigenvalue weighted by Gasteiger charge is 2.07. The van der Waals surface area contributed by atoms with Crippen LogP contribution in [0.25, 0.3) is 0 Å². The Hall–Kier alpha value is -0.540. The van der Waals surface area contributed by atoms with E-state index < -0.39 is 0 Å². The number of thioether (sulfide) groups is 1. The highest BCUT2D eigenvalue weighted by Crippen LogP contribution is 2.20. The van der Waals surface area contributed by atoms with Gasteiger partial charge in [-0.3, -0.25) is 0 Å². The average molecular weight is 269 g/mol. The van der Waals surface area contributed by atoms with E-state index >= 15 is 0 Å². The third-order valence-corrected chi connectivity index (χ3v) is 4.09. The summed E-state index contributed by atoms with van der Waals surface area (Å²) in [6.45, 7) is 5.39. The van der Waals surface area contributed by atoms with Crippen LogP contribution in [0.3, 0.4) is 0 Å². The molecule has 0 aliphatic rings. The molecule has 0 heterocycles. The molecule has 0 bridgehead atoms. The van der Waals surface area contributed by atoms with Crippen LogP contribution in [0.5, 0.6) is 0 Å². The zero-order chi connectivity index (χ0) is 13.2. The van der Waals surface area contributed by atoms with Gasteiger partial charge in [-0.2, -0.15) is 0 Å². The fourth-order valence-electron chi connectivity index (χ4n) is 1.90. The second kappa shape index (κ2) is 9.40. The number of unbranched alkanes of at least 4 members (excludes halogenated alkanes) is 2. The largest absolute Gasteiger partial charge is 0.313 e. The molecule has 0 aliphatic carbocycles. The molecule has 3 heteroatoms. The molecule has 1 atom stereocenters. The average Bonchev–Trinajstić information content (AvgIpc) is 2.38. The van der Waals surface area contributed by atoms with Crippen molar-refractivity contribution in [1.82, 2.24) is 5.32 Å². The molecule has 0 aliphatic heterocycles. The van der Waals surface area contributed by atoms with Crippen molar-refractivity contribution in [1.29, 1.82) is 0 Å². The molecule has 0 radical (unpaired) electrons. The van der Waals surface area contributed by atoms with Crippen molar-refractivity contribution in [3.8, 4) is 0 Å². The minimum atomic E-state index is -0.162. The van der Waals surface area contributed by atoms with E-state index in [1.807, 2.05) is 12.1 Å². The second-order valence-electron chi connectivity index (χ2n) is 4.52. The molecule has 1 nitrogen and oxygen atoms in total. The molecule has 1 rings (SSSR count). The van der Waals surface area contributed by atoms with Gasteiger partial charge < -0.3 is 5.32 Å². The van der Waals surface area contributed by atoms with Gasteiger partial charge in [-0.25, -0.2) is 4.39 Å². The van der Waals surface area contributed by atoms with Crippen LogP contribution in [0.4, 0.5) is 4.39 Å². The molecule has 0 saturated heterocycles. The van der Waals surface area contributed by atoms with Crippen molar-refractivity contribution in [2.45, 2.75) is 50.5 Å². The van der Waals surface area contributed by atoms with Gasteiger partial charge in [0.2, 0.25) is 0 Å². The van der Waals surface area contributed by atoms with Gasteiger partial charge in [0.1, 0.15) is 5.82 Å². The van der Waals surface area contributed by atoms with Crippen LogP contribution in [0, 0.1) is 5.82 Å². The Balaban J connectivity index is 2.33. The number of nitrogens with one attached hydrogen (secondary N) is 1. The van der Waals surface area contributed by atoms with Crippen molar-refractivity contribution in [2.24, 2.45) is 0 Å². The maximum Gasteiger partial charge on any atom is 0.123 e. The molecular weight excluding hydrogens is 245 g/mol. The Kier molecular flexibility index (Phi) is 8.10. The Morgan fingerprint density at radius 2 is 1.89 bits per heavy atom. The van der Waals surface area contributed by atoms with Crippen molar-refractivity contribution < 1.29 is 4.39 Å². The van der Waals surface area contributed by atoms with Crippen molar-refractivity contribution in [2.75, 3.05) is 12.3 Å². The van der Waals surface area contributed by atoms with Crippen LogP contribution < -0.4 is 5.32 Å². The van der Waals surface area contributed by atoms with E-state index in [-0.39, 0.29) is 5.82 Å². The minimum absolute atomic E-state index is 0.162. The molecule has 0 saturated carbocycles. The van der Waals surface area contributed by atoms with Gasteiger partial charge in [-0.1, -0.05) is 33.1 Å². The lowest BCUT2D eigenvalue weighted by atomic mass is 10.1. The first kappa shape index (κ1) is 15.5. The quantitative estimate of drug-likeness (QED) is 0.524.